The molecule has 0 bridgehead atoms. The van der Waals surface area contributed by atoms with Gasteiger partial charge < -0.3 is 9.64 Å². The number of halogens is 1. The molecular formula is C20H21ClN2O4S. The first kappa shape index (κ1) is 19.2. The van der Waals surface area contributed by atoms with Gasteiger partial charge in [-0.25, -0.2) is 8.42 Å². The van der Waals surface area contributed by atoms with E-state index in [2.05, 4.69) is 0 Å². The molecule has 0 radical (unpaired) electrons. The Morgan fingerprint density at radius 2 is 1.75 bits per heavy atom. The van der Waals surface area contributed by atoms with E-state index in [-0.39, 0.29) is 16.7 Å². The SMILES string of the molecule is O=C([C@@H]1COc2ccc(Cl)cc2C1)N1CCN(S(=O)(=O)c2ccccc2)CC1. The molecule has 2 aliphatic heterocycles. The molecule has 0 aliphatic carbocycles. The smallest absolute Gasteiger partial charge is 0.243 e. The highest BCUT2D eigenvalue weighted by Crippen LogP contribution is 2.30. The van der Waals surface area contributed by atoms with Gasteiger partial charge in [-0.3, -0.25) is 4.79 Å². The Morgan fingerprint density at radius 3 is 2.46 bits per heavy atom. The van der Waals surface area contributed by atoms with Crippen LogP contribution in [0.4, 0.5) is 0 Å². The zero-order valence-corrected chi connectivity index (χ0v) is 16.8. The Bertz CT molecular complexity index is 973. The molecule has 0 aromatic heterocycles. The molecule has 1 amide bonds. The maximum absolute atomic E-state index is 12.9. The summed E-state index contributed by atoms with van der Waals surface area (Å²) in [6.07, 6.45) is 0.581. The predicted octanol–water partition coefficient (Wildman–Crippen LogP) is 2.42. The van der Waals surface area contributed by atoms with Crippen molar-refractivity contribution >= 4 is 27.5 Å². The van der Waals surface area contributed by atoms with Crippen molar-refractivity contribution in [1.29, 1.82) is 0 Å². The number of hydrogen-bond acceptors (Lipinski definition) is 4. The van der Waals surface area contributed by atoms with Crippen LogP contribution in [0.15, 0.2) is 53.4 Å². The normalized spacial score (nSPS) is 20.3. The first-order valence-electron chi connectivity index (χ1n) is 9.20. The van der Waals surface area contributed by atoms with E-state index in [9.17, 15) is 13.2 Å². The van der Waals surface area contributed by atoms with Gasteiger partial charge in [0.1, 0.15) is 12.4 Å². The monoisotopic (exact) mass is 420 g/mol. The van der Waals surface area contributed by atoms with Gasteiger partial charge in [-0.05, 0) is 42.3 Å². The molecule has 2 aromatic rings. The summed E-state index contributed by atoms with van der Waals surface area (Å²) in [5.74, 6) is 0.498. The van der Waals surface area contributed by atoms with Gasteiger partial charge in [0.2, 0.25) is 15.9 Å². The maximum atomic E-state index is 12.9. The van der Waals surface area contributed by atoms with Crippen LogP contribution < -0.4 is 4.74 Å². The summed E-state index contributed by atoms with van der Waals surface area (Å²) in [4.78, 5) is 14.9. The van der Waals surface area contributed by atoms with E-state index in [4.69, 9.17) is 16.3 Å². The van der Waals surface area contributed by atoms with Crippen molar-refractivity contribution in [2.24, 2.45) is 5.92 Å². The fraction of sp³-hybridized carbons (Fsp3) is 0.350. The quantitative estimate of drug-likeness (QED) is 0.764. The van der Waals surface area contributed by atoms with Crippen molar-refractivity contribution in [2.75, 3.05) is 32.8 Å². The van der Waals surface area contributed by atoms with Gasteiger partial charge in [0.05, 0.1) is 10.8 Å². The minimum absolute atomic E-state index is 0.00221. The molecule has 28 heavy (non-hydrogen) atoms. The molecule has 1 atom stereocenters. The van der Waals surface area contributed by atoms with E-state index in [1.54, 1.807) is 41.3 Å². The average Bonchev–Trinajstić information content (AvgIpc) is 2.73. The number of ether oxygens (including phenoxy) is 1. The molecule has 1 saturated heterocycles. The minimum Gasteiger partial charge on any atom is -0.492 e. The molecule has 1 fully saturated rings. The van der Waals surface area contributed by atoms with Crippen molar-refractivity contribution in [3.8, 4) is 5.75 Å². The van der Waals surface area contributed by atoms with Crippen LogP contribution in [0.5, 0.6) is 5.75 Å². The second kappa shape index (κ2) is 7.73. The van der Waals surface area contributed by atoms with Crippen LogP contribution in [0.3, 0.4) is 0 Å². The van der Waals surface area contributed by atoms with Crippen molar-refractivity contribution in [3.63, 3.8) is 0 Å². The minimum atomic E-state index is -3.52. The molecule has 0 saturated carbocycles. The number of carbonyl (C=O) groups is 1. The summed E-state index contributed by atoms with van der Waals surface area (Å²) in [6, 6.07) is 13.8. The number of carbonyl (C=O) groups excluding carboxylic acids is 1. The molecular weight excluding hydrogens is 400 g/mol. The maximum Gasteiger partial charge on any atom is 0.243 e. The first-order chi connectivity index (χ1) is 13.4. The summed E-state index contributed by atoms with van der Waals surface area (Å²) in [6.45, 7) is 1.67. The molecule has 0 spiro atoms. The lowest BCUT2D eigenvalue weighted by Gasteiger charge is -2.36. The van der Waals surface area contributed by atoms with Crippen LogP contribution in [0.1, 0.15) is 5.56 Å². The third kappa shape index (κ3) is 3.74. The van der Waals surface area contributed by atoms with Gasteiger partial charge in [-0.2, -0.15) is 4.31 Å². The molecule has 2 aliphatic rings. The van der Waals surface area contributed by atoms with E-state index in [0.717, 1.165) is 11.3 Å². The topological polar surface area (TPSA) is 66.9 Å². The van der Waals surface area contributed by atoms with Gasteiger partial charge in [0.25, 0.3) is 0 Å². The van der Waals surface area contributed by atoms with E-state index < -0.39 is 10.0 Å². The highest BCUT2D eigenvalue weighted by Gasteiger charge is 2.34. The van der Waals surface area contributed by atoms with Gasteiger partial charge >= 0.3 is 0 Å². The Kier molecular flexibility index (Phi) is 5.31. The largest absolute Gasteiger partial charge is 0.492 e. The van der Waals surface area contributed by atoms with E-state index in [1.807, 2.05) is 12.1 Å². The number of hydrogen-bond donors (Lipinski definition) is 0. The first-order valence-corrected chi connectivity index (χ1v) is 11.0. The van der Waals surface area contributed by atoms with Crippen LogP contribution in [0.2, 0.25) is 5.02 Å². The van der Waals surface area contributed by atoms with E-state index >= 15 is 0 Å². The fourth-order valence-corrected chi connectivity index (χ4v) is 5.31. The lowest BCUT2D eigenvalue weighted by Crippen LogP contribution is -2.52. The second-order valence-electron chi connectivity index (χ2n) is 7.01. The number of fused-ring (bicyclic) bond motifs is 1. The third-order valence-electron chi connectivity index (χ3n) is 5.21. The standard InChI is InChI=1S/C20H21ClN2O4S/c21-17-6-7-19-15(13-17)12-16(14-27-19)20(24)22-8-10-23(11-9-22)28(25,26)18-4-2-1-3-5-18/h1-7,13,16H,8-12,14H2/t16-/m0/s1. The van der Waals surface area contributed by atoms with Crippen molar-refractivity contribution in [3.05, 3.63) is 59.1 Å². The van der Waals surface area contributed by atoms with Crippen LogP contribution in [-0.4, -0.2) is 56.3 Å². The average molecular weight is 421 g/mol. The van der Waals surface area contributed by atoms with Crippen LogP contribution in [-0.2, 0) is 21.2 Å². The number of rotatable bonds is 3. The van der Waals surface area contributed by atoms with Gasteiger partial charge in [0.15, 0.2) is 0 Å². The van der Waals surface area contributed by atoms with Crippen molar-refractivity contribution in [1.82, 2.24) is 9.21 Å². The number of amides is 1. The summed E-state index contributed by atoms with van der Waals surface area (Å²) < 4.78 is 32.6. The Labute approximate surface area is 169 Å². The molecule has 8 heteroatoms. The molecule has 148 valence electrons. The summed E-state index contributed by atoms with van der Waals surface area (Å²) in [5.41, 5.74) is 0.933. The zero-order valence-electron chi connectivity index (χ0n) is 15.3. The van der Waals surface area contributed by atoms with E-state index in [0.29, 0.717) is 44.2 Å². The van der Waals surface area contributed by atoms with Gasteiger partial charge in [-0.1, -0.05) is 29.8 Å². The lowest BCUT2D eigenvalue weighted by atomic mass is 9.95. The summed E-state index contributed by atoms with van der Waals surface area (Å²) in [7, 11) is -3.52. The molecule has 2 aromatic carbocycles. The molecule has 0 unspecified atom stereocenters. The predicted molar refractivity (Wildman–Crippen MR) is 106 cm³/mol. The van der Waals surface area contributed by atoms with Gasteiger partial charge in [0, 0.05) is 31.2 Å². The summed E-state index contributed by atoms with van der Waals surface area (Å²) in [5, 5.41) is 0.621. The number of benzene rings is 2. The van der Waals surface area contributed by atoms with Crippen LogP contribution >= 0.6 is 11.6 Å². The van der Waals surface area contributed by atoms with Gasteiger partial charge in [-0.15, -0.1) is 0 Å². The van der Waals surface area contributed by atoms with Crippen LogP contribution in [0.25, 0.3) is 0 Å². The number of sulfonamides is 1. The number of piperazine rings is 1. The molecule has 0 N–H and O–H groups in total. The molecule has 2 heterocycles. The Hall–Kier alpha value is -2.09. The van der Waals surface area contributed by atoms with Crippen molar-refractivity contribution in [2.45, 2.75) is 11.3 Å². The molecule has 4 rings (SSSR count). The second-order valence-corrected chi connectivity index (χ2v) is 9.38. The van der Waals surface area contributed by atoms with Crippen molar-refractivity contribution < 1.29 is 17.9 Å². The highest BCUT2D eigenvalue weighted by molar-refractivity contribution is 7.89. The zero-order chi connectivity index (χ0) is 19.7. The van der Waals surface area contributed by atoms with Crippen LogP contribution in [0, 0.1) is 5.92 Å². The Balaban J connectivity index is 1.40. The molecule has 6 nitrogen and oxygen atoms in total. The summed E-state index contributed by atoms with van der Waals surface area (Å²) >= 11 is 6.05. The Morgan fingerprint density at radius 1 is 1.04 bits per heavy atom. The lowest BCUT2D eigenvalue weighted by molar-refractivity contribution is -0.138. The fourth-order valence-electron chi connectivity index (χ4n) is 3.67. The third-order valence-corrected chi connectivity index (χ3v) is 7.36. The van der Waals surface area contributed by atoms with E-state index in [1.165, 1.54) is 4.31 Å². The highest BCUT2D eigenvalue weighted by atomic mass is 35.5. The number of nitrogens with zero attached hydrogens (tertiary/aromatic N) is 2.